The summed E-state index contributed by atoms with van der Waals surface area (Å²) in [6, 6.07) is 8.67. The van der Waals surface area contributed by atoms with E-state index in [1.165, 1.54) is 12.3 Å². The van der Waals surface area contributed by atoms with Crippen LogP contribution in [0.2, 0.25) is 0 Å². The number of aromatic nitrogens is 2. The van der Waals surface area contributed by atoms with Crippen molar-refractivity contribution in [3.8, 4) is 11.5 Å². The van der Waals surface area contributed by atoms with Crippen LogP contribution in [0.1, 0.15) is 28.7 Å². The standard InChI is InChI=1S/C16H17N3O4/c1-19-8-2-4-12(19)13(20)6-7-17-16(21)11-10-15(23-18-11)14-5-3-9-22-14/h2-5,8-10,13,20H,6-7H2,1H3,(H,17,21)/t13-/m1/s1. The van der Waals surface area contributed by atoms with Gasteiger partial charge in [0, 0.05) is 31.5 Å². The Hall–Kier alpha value is -2.80. The van der Waals surface area contributed by atoms with Crippen molar-refractivity contribution in [2.75, 3.05) is 6.54 Å². The number of nitrogens with one attached hydrogen (secondary N) is 1. The van der Waals surface area contributed by atoms with Crippen LogP contribution in [-0.4, -0.2) is 27.3 Å². The molecule has 0 spiro atoms. The highest BCUT2D eigenvalue weighted by atomic mass is 16.5. The molecule has 0 aliphatic rings. The summed E-state index contributed by atoms with van der Waals surface area (Å²) in [7, 11) is 1.86. The van der Waals surface area contributed by atoms with Gasteiger partial charge >= 0.3 is 0 Å². The van der Waals surface area contributed by atoms with Crippen LogP contribution in [0.5, 0.6) is 0 Å². The minimum Gasteiger partial charge on any atom is -0.461 e. The largest absolute Gasteiger partial charge is 0.461 e. The molecule has 0 fully saturated rings. The number of aliphatic hydroxyl groups excluding tert-OH is 1. The number of rotatable bonds is 6. The molecule has 1 atom stereocenters. The third-order valence-electron chi connectivity index (χ3n) is 3.54. The Morgan fingerprint density at radius 2 is 2.26 bits per heavy atom. The van der Waals surface area contributed by atoms with E-state index < -0.39 is 6.10 Å². The molecular weight excluding hydrogens is 298 g/mol. The molecule has 3 aromatic heterocycles. The number of aliphatic hydroxyl groups is 1. The average molecular weight is 315 g/mol. The molecule has 0 bridgehead atoms. The Kier molecular flexibility index (Phi) is 4.29. The number of amides is 1. The Labute approximate surface area is 132 Å². The maximum atomic E-state index is 12.0. The number of aryl methyl sites for hydroxylation is 1. The lowest BCUT2D eigenvalue weighted by Gasteiger charge is -2.12. The van der Waals surface area contributed by atoms with Crippen LogP contribution in [0.25, 0.3) is 11.5 Å². The van der Waals surface area contributed by atoms with Crippen LogP contribution < -0.4 is 5.32 Å². The number of hydrogen-bond acceptors (Lipinski definition) is 5. The average Bonchev–Trinajstić information content (AvgIpc) is 3.27. The van der Waals surface area contributed by atoms with E-state index in [0.717, 1.165) is 5.69 Å². The molecule has 1 amide bonds. The van der Waals surface area contributed by atoms with Gasteiger partial charge in [-0.15, -0.1) is 0 Å². The van der Waals surface area contributed by atoms with E-state index >= 15 is 0 Å². The van der Waals surface area contributed by atoms with E-state index in [-0.39, 0.29) is 11.6 Å². The molecule has 7 nitrogen and oxygen atoms in total. The van der Waals surface area contributed by atoms with E-state index in [2.05, 4.69) is 10.5 Å². The molecule has 0 radical (unpaired) electrons. The predicted molar refractivity (Wildman–Crippen MR) is 81.5 cm³/mol. The zero-order chi connectivity index (χ0) is 16.2. The second kappa shape index (κ2) is 6.53. The second-order valence-electron chi connectivity index (χ2n) is 5.16. The third-order valence-corrected chi connectivity index (χ3v) is 3.54. The molecule has 0 aromatic carbocycles. The molecule has 2 N–H and O–H groups in total. The Bertz CT molecular complexity index is 773. The summed E-state index contributed by atoms with van der Waals surface area (Å²) >= 11 is 0. The van der Waals surface area contributed by atoms with Gasteiger partial charge in [0.1, 0.15) is 0 Å². The van der Waals surface area contributed by atoms with E-state index in [1.807, 2.05) is 29.9 Å². The van der Waals surface area contributed by atoms with Crippen LogP contribution in [-0.2, 0) is 7.05 Å². The summed E-state index contributed by atoms with van der Waals surface area (Å²) < 4.78 is 12.1. The Morgan fingerprint density at radius 3 is 2.96 bits per heavy atom. The van der Waals surface area contributed by atoms with Crippen LogP contribution in [0.15, 0.2) is 51.7 Å². The van der Waals surface area contributed by atoms with Gasteiger partial charge < -0.3 is 23.9 Å². The first-order valence-corrected chi connectivity index (χ1v) is 7.23. The van der Waals surface area contributed by atoms with Gasteiger partial charge in [0.25, 0.3) is 5.91 Å². The molecule has 0 aliphatic carbocycles. The van der Waals surface area contributed by atoms with Crippen LogP contribution >= 0.6 is 0 Å². The molecule has 7 heteroatoms. The molecule has 23 heavy (non-hydrogen) atoms. The summed E-state index contributed by atoms with van der Waals surface area (Å²) in [6.07, 6.45) is 3.16. The minimum absolute atomic E-state index is 0.171. The van der Waals surface area contributed by atoms with E-state index in [0.29, 0.717) is 24.5 Å². The molecule has 120 valence electrons. The molecular formula is C16H17N3O4. The molecule has 0 saturated carbocycles. The number of carbonyl (C=O) groups is 1. The van der Waals surface area contributed by atoms with Gasteiger partial charge in [-0.3, -0.25) is 4.79 Å². The lowest BCUT2D eigenvalue weighted by molar-refractivity contribution is 0.0932. The molecule has 0 aliphatic heterocycles. The smallest absolute Gasteiger partial charge is 0.273 e. The van der Waals surface area contributed by atoms with Crippen molar-refractivity contribution in [3.05, 3.63) is 54.2 Å². The number of nitrogens with zero attached hydrogens (tertiary/aromatic N) is 2. The van der Waals surface area contributed by atoms with Crippen molar-refractivity contribution in [2.24, 2.45) is 7.05 Å². The Balaban J connectivity index is 1.53. The normalized spacial score (nSPS) is 12.3. The molecule has 0 unspecified atom stereocenters. The van der Waals surface area contributed by atoms with Crippen LogP contribution in [0.3, 0.4) is 0 Å². The highest BCUT2D eigenvalue weighted by Crippen LogP contribution is 2.20. The predicted octanol–water partition coefficient (Wildman–Crippen LogP) is 2.13. The van der Waals surface area contributed by atoms with Gasteiger partial charge in [-0.05, 0) is 30.7 Å². The van der Waals surface area contributed by atoms with Gasteiger partial charge in [-0.25, -0.2) is 0 Å². The maximum Gasteiger partial charge on any atom is 0.273 e. The lowest BCUT2D eigenvalue weighted by atomic mass is 10.2. The first-order chi connectivity index (χ1) is 11.1. The van der Waals surface area contributed by atoms with Crippen molar-refractivity contribution in [2.45, 2.75) is 12.5 Å². The first-order valence-electron chi connectivity index (χ1n) is 7.23. The van der Waals surface area contributed by atoms with E-state index in [9.17, 15) is 9.90 Å². The summed E-state index contributed by atoms with van der Waals surface area (Å²) in [4.78, 5) is 12.0. The van der Waals surface area contributed by atoms with Gasteiger partial charge in [0.05, 0.1) is 12.4 Å². The van der Waals surface area contributed by atoms with Gasteiger partial charge in [0.15, 0.2) is 11.5 Å². The fourth-order valence-electron chi connectivity index (χ4n) is 2.30. The number of hydrogen-bond donors (Lipinski definition) is 2. The van der Waals surface area contributed by atoms with Crippen molar-refractivity contribution in [3.63, 3.8) is 0 Å². The number of carbonyl (C=O) groups excluding carboxylic acids is 1. The fraction of sp³-hybridized carbons (Fsp3) is 0.250. The molecule has 3 rings (SSSR count). The van der Waals surface area contributed by atoms with Crippen molar-refractivity contribution in [1.82, 2.24) is 15.0 Å². The fourth-order valence-corrected chi connectivity index (χ4v) is 2.30. The summed E-state index contributed by atoms with van der Waals surface area (Å²) in [5.41, 5.74) is 0.977. The SMILES string of the molecule is Cn1cccc1[C@H](O)CCNC(=O)c1cc(-c2ccco2)on1. The first kappa shape index (κ1) is 15.1. The topological polar surface area (TPSA) is 93.4 Å². The zero-order valence-electron chi connectivity index (χ0n) is 12.6. The second-order valence-corrected chi connectivity index (χ2v) is 5.16. The lowest BCUT2D eigenvalue weighted by Crippen LogP contribution is -2.26. The third kappa shape index (κ3) is 3.35. The molecule has 3 aromatic rings. The molecule has 0 saturated heterocycles. The highest BCUT2D eigenvalue weighted by Gasteiger charge is 2.16. The van der Waals surface area contributed by atoms with E-state index in [4.69, 9.17) is 8.94 Å². The summed E-state index contributed by atoms with van der Waals surface area (Å²) in [5, 5.41) is 16.5. The maximum absolute atomic E-state index is 12.0. The molecule has 3 heterocycles. The van der Waals surface area contributed by atoms with Crippen LogP contribution in [0.4, 0.5) is 0 Å². The van der Waals surface area contributed by atoms with Gasteiger partial charge in [-0.1, -0.05) is 5.16 Å². The quantitative estimate of drug-likeness (QED) is 0.727. The Morgan fingerprint density at radius 1 is 1.39 bits per heavy atom. The van der Waals surface area contributed by atoms with Crippen LogP contribution in [0, 0.1) is 0 Å². The summed E-state index contributed by atoms with van der Waals surface area (Å²) in [5.74, 6) is 0.547. The van der Waals surface area contributed by atoms with Gasteiger partial charge in [0.2, 0.25) is 5.76 Å². The highest BCUT2D eigenvalue weighted by molar-refractivity contribution is 5.92. The zero-order valence-corrected chi connectivity index (χ0v) is 12.6. The van der Waals surface area contributed by atoms with Crippen molar-refractivity contribution < 1.29 is 18.8 Å². The van der Waals surface area contributed by atoms with Gasteiger partial charge in [-0.2, -0.15) is 0 Å². The number of furan rings is 1. The summed E-state index contributed by atoms with van der Waals surface area (Å²) in [6.45, 7) is 0.328. The minimum atomic E-state index is -0.633. The van der Waals surface area contributed by atoms with Crippen molar-refractivity contribution >= 4 is 5.91 Å². The monoisotopic (exact) mass is 315 g/mol. The van der Waals surface area contributed by atoms with E-state index in [1.54, 1.807) is 12.1 Å². The van der Waals surface area contributed by atoms with Crippen molar-refractivity contribution in [1.29, 1.82) is 0 Å².